The van der Waals surface area contributed by atoms with E-state index in [4.69, 9.17) is 4.74 Å². The number of hydrogen-bond acceptors (Lipinski definition) is 6. The van der Waals surface area contributed by atoms with Gasteiger partial charge in [-0.2, -0.15) is 0 Å². The van der Waals surface area contributed by atoms with E-state index in [2.05, 4.69) is 20.9 Å². The summed E-state index contributed by atoms with van der Waals surface area (Å²) in [5.74, 6) is -1.18. The molecule has 148 valence electrons. The van der Waals surface area contributed by atoms with E-state index in [0.717, 1.165) is 33.5 Å². The molecule has 1 atom stereocenters. The second-order valence-corrected chi connectivity index (χ2v) is 8.74. The lowest BCUT2D eigenvalue weighted by atomic mass is 10.1. The first kappa shape index (κ1) is 19.4. The molecular formula is C19H20BrN3O4S. The first-order chi connectivity index (χ1) is 13.5. The summed E-state index contributed by atoms with van der Waals surface area (Å²) in [4.78, 5) is 33.3. The van der Waals surface area contributed by atoms with E-state index in [-0.39, 0.29) is 23.2 Å². The summed E-state index contributed by atoms with van der Waals surface area (Å²) in [5.41, 5.74) is 2.32. The van der Waals surface area contributed by atoms with Gasteiger partial charge in [0.15, 0.2) is 5.13 Å². The number of ether oxygens (including phenoxy) is 1. The van der Waals surface area contributed by atoms with Gasteiger partial charge in [0.1, 0.15) is 4.88 Å². The molecule has 2 aliphatic heterocycles. The number of aromatic nitrogens is 1. The maximum atomic E-state index is 13.1. The monoisotopic (exact) mass is 465 g/mol. The number of thiazole rings is 1. The zero-order chi connectivity index (χ0) is 19.8. The van der Waals surface area contributed by atoms with Gasteiger partial charge in [-0.05, 0) is 31.0 Å². The molecular weight excluding hydrogens is 446 g/mol. The minimum atomic E-state index is -1.04. The van der Waals surface area contributed by atoms with Gasteiger partial charge < -0.3 is 19.6 Å². The molecule has 1 N–H and O–H groups in total. The van der Waals surface area contributed by atoms with Gasteiger partial charge in [-0.3, -0.25) is 4.79 Å². The highest BCUT2D eigenvalue weighted by atomic mass is 79.9. The van der Waals surface area contributed by atoms with Gasteiger partial charge in [0, 0.05) is 29.3 Å². The molecule has 0 unspecified atom stereocenters. The van der Waals surface area contributed by atoms with Crippen LogP contribution < -0.4 is 9.80 Å². The number of hydrogen-bond donors (Lipinski definition) is 1. The lowest BCUT2D eigenvalue weighted by Crippen LogP contribution is -2.37. The molecule has 3 heterocycles. The van der Waals surface area contributed by atoms with Crippen LogP contribution in [0.2, 0.25) is 0 Å². The highest BCUT2D eigenvalue weighted by Crippen LogP contribution is 2.37. The van der Waals surface area contributed by atoms with Gasteiger partial charge >= 0.3 is 5.97 Å². The van der Waals surface area contributed by atoms with E-state index >= 15 is 0 Å². The molecule has 2 aliphatic rings. The van der Waals surface area contributed by atoms with Crippen molar-refractivity contribution < 1.29 is 19.4 Å². The molecule has 0 aliphatic carbocycles. The fourth-order valence-corrected chi connectivity index (χ4v) is 5.21. The molecule has 0 spiro atoms. The normalized spacial score (nSPS) is 19.0. The Morgan fingerprint density at radius 2 is 2.11 bits per heavy atom. The Morgan fingerprint density at radius 3 is 2.82 bits per heavy atom. The summed E-state index contributed by atoms with van der Waals surface area (Å²) < 4.78 is 6.33. The Morgan fingerprint density at radius 1 is 1.36 bits per heavy atom. The van der Waals surface area contributed by atoms with Crippen molar-refractivity contribution in [3.8, 4) is 0 Å². The van der Waals surface area contributed by atoms with Gasteiger partial charge in [0.2, 0.25) is 5.91 Å². The number of carbonyl (C=O) groups excluding carboxylic acids is 1. The smallest absolute Gasteiger partial charge is 0.347 e. The number of aromatic carboxylic acids is 1. The minimum Gasteiger partial charge on any atom is -0.477 e. The van der Waals surface area contributed by atoms with Crippen LogP contribution in [0.15, 0.2) is 22.7 Å². The van der Waals surface area contributed by atoms with Gasteiger partial charge in [0.05, 0.1) is 25.3 Å². The predicted octanol–water partition coefficient (Wildman–Crippen LogP) is 2.96. The number of amides is 1. The number of carboxylic acid groups (broad SMARTS) is 1. The maximum Gasteiger partial charge on any atom is 0.347 e. The number of halogens is 1. The summed E-state index contributed by atoms with van der Waals surface area (Å²) in [6.45, 7) is 4.53. The number of fused-ring (bicyclic) bond motifs is 1. The largest absolute Gasteiger partial charge is 0.477 e. The van der Waals surface area contributed by atoms with Gasteiger partial charge in [-0.15, -0.1) is 0 Å². The van der Waals surface area contributed by atoms with Crippen LogP contribution in [0, 0.1) is 0 Å². The summed E-state index contributed by atoms with van der Waals surface area (Å²) in [6.07, 6.45) is 0.739. The van der Waals surface area contributed by atoms with Crippen molar-refractivity contribution in [2.24, 2.45) is 0 Å². The second kappa shape index (κ2) is 7.81. The molecule has 1 amide bonds. The lowest BCUT2D eigenvalue weighted by molar-refractivity contribution is -0.118. The standard InChI is InChI=1S/C19H20BrN3O4S/c1-11-9-12-13(20)3-2-4-15(12)23(11)16(24)10-14-17(18(25)26)28-19(21-14)22-5-7-27-8-6-22/h2-4,11H,5-10H2,1H3,(H,25,26)/t11-/m0/s1. The summed E-state index contributed by atoms with van der Waals surface area (Å²) in [6, 6.07) is 5.83. The highest BCUT2D eigenvalue weighted by Gasteiger charge is 2.33. The Labute approximate surface area is 175 Å². The number of carboxylic acids is 1. The number of anilines is 2. The van der Waals surface area contributed by atoms with Crippen molar-refractivity contribution in [3.05, 3.63) is 38.8 Å². The average Bonchev–Trinajstić information content (AvgIpc) is 3.24. The van der Waals surface area contributed by atoms with E-state index in [1.165, 1.54) is 0 Å². The number of carbonyl (C=O) groups is 2. The van der Waals surface area contributed by atoms with Crippen LogP contribution in [0.4, 0.5) is 10.8 Å². The van der Waals surface area contributed by atoms with Crippen molar-refractivity contribution in [1.82, 2.24) is 4.98 Å². The van der Waals surface area contributed by atoms with Gasteiger partial charge in [0.25, 0.3) is 0 Å². The zero-order valence-corrected chi connectivity index (χ0v) is 17.8. The Bertz CT molecular complexity index is 926. The van der Waals surface area contributed by atoms with Crippen LogP contribution in [-0.2, 0) is 22.4 Å². The van der Waals surface area contributed by atoms with Crippen LogP contribution in [0.1, 0.15) is 27.9 Å². The second-order valence-electron chi connectivity index (χ2n) is 6.91. The van der Waals surface area contributed by atoms with Crippen molar-refractivity contribution in [2.45, 2.75) is 25.8 Å². The quantitative estimate of drug-likeness (QED) is 0.746. The highest BCUT2D eigenvalue weighted by molar-refractivity contribution is 9.10. The van der Waals surface area contributed by atoms with Crippen molar-refractivity contribution in [3.63, 3.8) is 0 Å². The van der Waals surface area contributed by atoms with Crippen LogP contribution in [0.3, 0.4) is 0 Å². The first-order valence-electron chi connectivity index (χ1n) is 9.11. The number of nitrogens with zero attached hydrogens (tertiary/aromatic N) is 3. The molecule has 1 fully saturated rings. The number of rotatable bonds is 4. The Balaban J connectivity index is 1.60. The third-order valence-electron chi connectivity index (χ3n) is 5.04. The zero-order valence-electron chi connectivity index (χ0n) is 15.4. The molecule has 9 heteroatoms. The van der Waals surface area contributed by atoms with Crippen LogP contribution in [0.25, 0.3) is 0 Å². The van der Waals surface area contributed by atoms with E-state index in [1.807, 2.05) is 30.0 Å². The average molecular weight is 466 g/mol. The van der Waals surface area contributed by atoms with E-state index in [1.54, 1.807) is 4.90 Å². The topological polar surface area (TPSA) is 83.0 Å². The van der Waals surface area contributed by atoms with Gasteiger partial charge in [-0.25, -0.2) is 9.78 Å². The van der Waals surface area contributed by atoms with Gasteiger partial charge in [-0.1, -0.05) is 33.3 Å². The predicted molar refractivity (Wildman–Crippen MR) is 111 cm³/mol. The van der Waals surface area contributed by atoms with E-state index < -0.39 is 5.97 Å². The third kappa shape index (κ3) is 3.54. The SMILES string of the molecule is C[C@H]1Cc2c(Br)cccc2N1C(=O)Cc1nc(N2CCOCC2)sc1C(=O)O. The lowest BCUT2D eigenvalue weighted by Gasteiger charge is -2.26. The third-order valence-corrected chi connectivity index (χ3v) is 6.93. The van der Waals surface area contributed by atoms with Crippen molar-refractivity contribution in [1.29, 1.82) is 0 Å². The minimum absolute atomic E-state index is 0.0202. The maximum absolute atomic E-state index is 13.1. The molecule has 4 rings (SSSR count). The fourth-order valence-electron chi connectivity index (χ4n) is 3.72. The summed E-state index contributed by atoms with van der Waals surface area (Å²) in [7, 11) is 0. The molecule has 0 bridgehead atoms. The van der Waals surface area contributed by atoms with E-state index in [0.29, 0.717) is 37.1 Å². The van der Waals surface area contributed by atoms with Crippen molar-refractivity contribution >= 4 is 50.0 Å². The molecule has 0 radical (unpaired) electrons. The summed E-state index contributed by atoms with van der Waals surface area (Å²) >= 11 is 4.68. The van der Waals surface area contributed by atoms with Crippen molar-refractivity contribution in [2.75, 3.05) is 36.1 Å². The molecule has 28 heavy (non-hydrogen) atoms. The van der Waals surface area contributed by atoms with Crippen LogP contribution in [0.5, 0.6) is 0 Å². The first-order valence-corrected chi connectivity index (χ1v) is 10.7. The molecule has 2 aromatic rings. The molecule has 1 aromatic heterocycles. The molecule has 1 aromatic carbocycles. The summed E-state index contributed by atoms with van der Waals surface area (Å²) in [5, 5.41) is 10.2. The number of benzene rings is 1. The van der Waals surface area contributed by atoms with E-state index in [9.17, 15) is 14.7 Å². The molecule has 7 nitrogen and oxygen atoms in total. The fraction of sp³-hybridized carbons (Fsp3) is 0.421. The van der Waals surface area contributed by atoms with Crippen LogP contribution >= 0.6 is 27.3 Å². The Kier molecular flexibility index (Phi) is 5.39. The Hall–Kier alpha value is -1.97. The molecule has 1 saturated heterocycles. The molecule has 0 saturated carbocycles. The number of morpholine rings is 1. The van der Waals surface area contributed by atoms with Crippen LogP contribution in [-0.4, -0.2) is 54.3 Å².